The summed E-state index contributed by atoms with van der Waals surface area (Å²) < 4.78 is 1.46. The molecule has 0 aromatic rings. The number of carbonyl (C=O) groups excluding carboxylic acids is 2. The fourth-order valence-corrected chi connectivity index (χ4v) is 3.28. The number of quaternary nitrogens is 2. The Morgan fingerprint density at radius 1 is 1.14 bits per heavy atom. The molecule has 7 nitrogen and oxygen atoms in total. The van der Waals surface area contributed by atoms with Gasteiger partial charge in [0.05, 0.1) is 41.8 Å². The molecule has 8 heteroatoms. The summed E-state index contributed by atoms with van der Waals surface area (Å²) >= 11 is 0. The Hall–Kier alpha value is -0.0200. The fourth-order valence-electron chi connectivity index (χ4n) is 3.28. The Labute approximate surface area is 194 Å². The van der Waals surface area contributed by atoms with Crippen LogP contribution < -0.4 is 34.9 Å². The van der Waals surface area contributed by atoms with Crippen molar-refractivity contribution in [3.05, 3.63) is 0 Å². The number of aliphatic hydroxyl groups excluding tert-OH is 1. The van der Waals surface area contributed by atoms with E-state index in [9.17, 15) is 14.7 Å². The number of likely N-dealkylation sites (N-methyl/N-ethyl adjacent to an activating group) is 2. The molecule has 0 saturated heterocycles. The SMILES string of the molecule is CCC([C-]=O)CC(C)(C)C(=O)NCCC[N+](C)(C)CC(O)C[N+](C)(C)C.[Na+].[OH-]. The van der Waals surface area contributed by atoms with E-state index in [1.807, 2.05) is 27.1 Å². The molecule has 0 fully saturated rings. The molecule has 0 spiro atoms. The molecule has 0 heterocycles. The standard InChI is InChI=1S/C20H41N3O3.Na.H2O/c1-9-17(16-24)13-20(2,3)19(26)21-11-10-12-23(7,8)15-18(25)14-22(4,5)6;;/h17-18,25H,9-15H2,1-8H3;;1H2/q;+1;. The third-order valence-corrected chi connectivity index (χ3v) is 4.72. The van der Waals surface area contributed by atoms with Crippen LogP contribution in [0, 0.1) is 11.3 Å². The monoisotopic (exact) mass is 412 g/mol. The van der Waals surface area contributed by atoms with Crippen LogP contribution in [0.3, 0.4) is 0 Å². The van der Waals surface area contributed by atoms with Crippen molar-refractivity contribution in [2.24, 2.45) is 11.3 Å². The van der Waals surface area contributed by atoms with Crippen molar-refractivity contribution in [3.63, 3.8) is 0 Å². The maximum absolute atomic E-state index is 12.4. The van der Waals surface area contributed by atoms with E-state index in [-0.39, 0.29) is 53.0 Å². The first kappa shape index (κ1) is 32.6. The van der Waals surface area contributed by atoms with Crippen molar-refractivity contribution in [1.29, 1.82) is 0 Å². The molecule has 0 bridgehead atoms. The summed E-state index contributed by atoms with van der Waals surface area (Å²) in [4.78, 5) is 23.3. The maximum atomic E-state index is 12.4. The van der Waals surface area contributed by atoms with E-state index < -0.39 is 5.41 Å². The molecule has 0 rings (SSSR count). The van der Waals surface area contributed by atoms with E-state index in [1.54, 1.807) is 0 Å². The normalized spacial score (nSPS) is 14.3. The number of carbonyl (C=O) groups is 1. The summed E-state index contributed by atoms with van der Waals surface area (Å²) in [6.45, 7) is 8.61. The van der Waals surface area contributed by atoms with E-state index >= 15 is 0 Å². The largest absolute Gasteiger partial charge is 1.00 e. The Balaban J connectivity index is -0.00000312. The molecule has 0 radical (unpaired) electrons. The molecule has 0 aromatic heterocycles. The van der Waals surface area contributed by atoms with Crippen LogP contribution in [-0.2, 0) is 9.59 Å². The van der Waals surface area contributed by atoms with Gasteiger partial charge in [-0.15, -0.1) is 5.92 Å². The van der Waals surface area contributed by atoms with E-state index in [1.165, 1.54) is 0 Å². The zero-order valence-electron chi connectivity index (χ0n) is 19.7. The minimum atomic E-state index is -0.566. The molecule has 2 unspecified atom stereocenters. The first-order chi connectivity index (χ1) is 11.7. The van der Waals surface area contributed by atoms with E-state index in [0.717, 1.165) is 28.5 Å². The number of rotatable bonds is 13. The molecule has 1 amide bonds. The second kappa shape index (κ2) is 14.1. The predicted molar refractivity (Wildman–Crippen MR) is 108 cm³/mol. The van der Waals surface area contributed by atoms with E-state index in [2.05, 4.69) is 40.6 Å². The zero-order valence-corrected chi connectivity index (χ0v) is 21.7. The Morgan fingerprint density at radius 2 is 1.68 bits per heavy atom. The molecular formula is C20H43N3NaO4+. The van der Waals surface area contributed by atoms with E-state index in [0.29, 0.717) is 25.9 Å². The third-order valence-electron chi connectivity index (χ3n) is 4.72. The van der Waals surface area contributed by atoms with Crippen LogP contribution in [0.1, 0.15) is 40.0 Å². The van der Waals surface area contributed by atoms with Gasteiger partial charge in [0.15, 0.2) is 6.10 Å². The molecule has 162 valence electrons. The molecule has 0 aliphatic rings. The van der Waals surface area contributed by atoms with Crippen molar-refractivity contribution in [2.45, 2.75) is 46.1 Å². The van der Waals surface area contributed by atoms with Crippen molar-refractivity contribution in [1.82, 2.24) is 5.32 Å². The Morgan fingerprint density at radius 3 is 2.11 bits per heavy atom. The summed E-state index contributed by atoms with van der Waals surface area (Å²) in [6, 6.07) is 0. The van der Waals surface area contributed by atoms with Crippen LogP contribution in [-0.4, -0.2) is 99.3 Å². The summed E-state index contributed by atoms with van der Waals surface area (Å²) in [5, 5.41) is 13.3. The molecule has 28 heavy (non-hydrogen) atoms. The topological polar surface area (TPSA) is 96.4 Å². The number of hydrogen-bond acceptors (Lipinski definition) is 4. The number of nitrogens with one attached hydrogen (secondary N) is 1. The quantitative estimate of drug-likeness (QED) is 0.159. The van der Waals surface area contributed by atoms with Gasteiger partial charge in [0, 0.05) is 18.4 Å². The van der Waals surface area contributed by atoms with Gasteiger partial charge in [-0.3, -0.25) is 11.1 Å². The van der Waals surface area contributed by atoms with Crippen LogP contribution in [0.4, 0.5) is 0 Å². The maximum Gasteiger partial charge on any atom is 1.00 e. The number of nitrogens with zero attached hydrogens (tertiary/aromatic N) is 2. The van der Waals surface area contributed by atoms with Gasteiger partial charge < -0.3 is 29.7 Å². The predicted octanol–water partition coefficient (Wildman–Crippen LogP) is -1.98. The van der Waals surface area contributed by atoms with Crippen LogP contribution >= 0.6 is 0 Å². The van der Waals surface area contributed by atoms with Gasteiger partial charge in [-0.25, -0.2) is 0 Å². The van der Waals surface area contributed by atoms with Crippen molar-refractivity contribution in [2.75, 3.05) is 61.4 Å². The average Bonchev–Trinajstić information content (AvgIpc) is 2.46. The van der Waals surface area contributed by atoms with Gasteiger partial charge >= 0.3 is 29.6 Å². The Kier molecular flexibility index (Phi) is 16.4. The first-order valence-corrected chi connectivity index (χ1v) is 9.69. The molecule has 0 aromatic carbocycles. The van der Waals surface area contributed by atoms with E-state index in [4.69, 9.17) is 0 Å². The van der Waals surface area contributed by atoms with Gasteiger partial charge in [-0.1, -0.05) is 33.6 Å². The molecule has 0 aliphatic heterocycles. The van der Waals surface area contributed by atoms with Gasteiger partial charge in [0.1, 0.15) is 13.1 Å². The van der Waals surface area contributed by atoms with Gasteiger partial charge in [-0.05, 0) is 0 Å². The first-order valence-electron chi connectivity index (χ1n) is 9.69. The molecular weight excluding hydrogens is 369 g/mol. The second-order valence-electron chi connectivity index (χ2n) is 9.89. The van der Waals surface area contributed by atoms with Gasteiger partial charge in [-0.2, -0.15) is 0 Å². The number of aliphatic hydroxyl groups is 1. The van der Waals surface area contributed by atoms with Crippen LogP contribution in [0.25, 0.3) is 0 Å². The molecule has 2 atom stereocenters. The number of amides is 1. The second-order valence-corrected chi connectivity index (χ2v) is 9.89. The fraction of sp³-hybridized carbons (Fsp3) is 0.900. The molecule has 0 aliphatic carbocycles. The number of hydrogen-bond donors (Lipinski definition) is 2. The minimum Gasteiger partial charge on any atom is -0.870 e. The molecule has 0 saturated carbocycles. The van der Waals surface area contributed by atoms with Gasteiger partial charge in [0.2, 0.25) is 5.91 Å². The molecule has 3 N–H and O–H groups in total. The minimum absolute atomic E-state index is 0. The average molecular weight is 413 g/mol. The Bertz CT molecular complexity index is 451. The summed E-state index contributed by atoms with van der Waals surface area (Å²) in [6.07, 6.45) is 3.77. The van der Waals surface area contributed by atoms with Crippen molar-refractivity contribution >= 4 is 12.2 Å². The van der Waals surface area contributed by atoms with Gasteiger partial charge in [0.25, 0.3) is 0 Å². The van der Waals surface area contributed by atoms with Crippen molar-refractivity contribution in [3.8, 4) is 0 Å². The summed E-state index contributed by atoms with van der Waals surface area (Å²) in [5.41, 5.74) is -0.566. The van der Waals surface area contributed by atoms with Crippen LogP contribution in [0.2, 0.25) is 0 Å². The summed E-state index contributed by atoms with van der Waals surface area (Å²) in [7, 11) is 10.4. The van der Waals surface area contributed by atoms with Crippen LogP contribution in [0.5, 0.6) is 0 Å². The van der Waals surface area contributed by atoms with Crippen molar-refractivity contribution < 1.29 is 58.7 Å². The third kappa shape index (κ3) is 14.9. The summed E-state index contributed by atoms with van der Waals surface area (Å²) in [5.74, 6) is -0.198. The smallest absolute Gasteiger partial charge is 0.870 e. The van der Waals surface area contributed by atoms with Crippen LogP contribution in [0.15, 0.2) is 0 Å². The zero-order chi connectivity index (χ0) is 20.6.